The Balaban J connectivity index is 0.000000451. The Labute approximate surface area is 179 Å². The first kappa shape index (κ1) is 24.4. The lowest BCUT2D eigenvalue weighted by atomic mass is 10.3. The van der Waals surface area contributed by atoms with Gasteiger partial charge in [-0.3, -0.25) is 9.59 Å². The van der Waals surface area contributed by atoms with Crippen LogP contribution in [0.3, 0.4) is 0 Å². The summed E-state index contributed by atoms with van der Waals surface area (Å²) in [6.07, 6.45) is -4.51. The molecule has 0 bridgehead atoms. The highest BCUT2D eigenvalue weighted by molar-refractivity contribution is 5.91. The van der Waals surface area contributed by atoms with E-state index in [1.165, 1.54) is 19.2 Å². The van der Waals surface area contributed by atoms with Crippen LogP contribution in [0.1, 0.15) is 16.3 Å². The van der Waals surface area contributed by atoms with Crippen LogP contribution in [0.4, 0.5) is 13.2 Å². The summed E-state index contributed by atoms with van der Waals surface area (Å²) in [6.45, 7) is 0.473. The first-order valence-corrected chi connectivity index (χ1v) is 9.05. The fourth-order valence-electron chi connectivity index (χ4n) is 2.47. The number of rotatable bonds is 5. The smallest absolute Gasteiger partial charge is 0.490 e. The maximum atomic E-state index is 12.4. The van der Waals surface area contributed by atoms with Crippen molar-refractivity contribution in [2.45, 2.75) is 12.6 Å². The molecule has 0 unspecified atom stereocenters. The van der Waals surface area contributed by atoms with E-state index in [9.17, 15) is 22.8 Å². The number of hydrogen-bond acceptors (Lipinski definition) is 6. The van der Waals surface area contributed by atoms with Crippen molar-refractivity contribution in [2.75, 3.05) is 20.7 Å². The molecule has 0 fully saturated rings. The van der Waals surface area contributed by atoms with Crippen molar-refractivity contribution in [3.05, 3.63) is 52.2 Å². The minimum atomic E-state index is -5.08. The number of likely N-dealkylation sites (N-methyl/N-ethyl adjacent to an activating group) is 1. The van der Waals surface area contributed by atoms with Gasteiger partial charge in [-0.15, -0.1) is 0 Å². The molecule has 1 aromatic carbocycles. The molecule has 0 aliphatic heterocycles. The molecule has 0 saturated carbocycles. The Bertz CT molecular complexity index is 1170. The van der Waals surface area contributed by atoms with E-state index in [0.717, 1.165) is 27.3 Å². The standard InChI is InChI=1S/C17H19N5O3.C2HF3O2/c1-21(17(24)13-6-7-16(23)22(2)20-13)9-8-15-18-12-5-4-11(25-3)10-14(12)19-15;3-2(4,5)1(6)7/h4-7,10H,8-9H2,1-3H3,(H,18,19);(H,6,7). The number of hydrogen-bond donors (Lipinski definition) is 2. The zero-order valence-corrected chi connectivity index (χ0v) is 17.3. The van der Waals surface area contributed by atoms with Crippen molar-refractivity contribution in [2.24, 2.45) is 7.05 Å². The lowest BCUT2D eigenvalue weighted by molar-refractivity contribution is -0.192. The van der Waals surface area contributed by atoms with Crippen molar-refractivity contribution in [1.82, 2.24) is 24.6 Å². The highest BCUT2D eigenvalue weighted by Gasteiger charge is 2.38. The number of alkyl halides is 3. The number of nitrogens with zero attached hydrogens (tertiary/aromatic N) is 4. The van der Waals surface area contributed by atoms with E-state index in [4.69, 9.17) is 14.6 Å². The molecule has 2 heterocycles. The van der Waals surface area contributed by atoms with Crippen molar-refractivity contribution in [3.63, 3.8) is 0 Å². The number of aromatic nitrogens is 4. The molecule has 2 N–H and O–H groups in total. The predicted molar refractivity (Wildman–Crippen MR) is 106 cm³/mol. The third-order valence-electron chi connectivity index (χ3n) is 4.19. The van der Waals surface area contributed by atoms with E-state index in [-0.39, 0.29) is 17.2 Å². The highest BCUT2D eigenvalue weighted by atomic mass is 19.4. The second-order valence-corrected chi connectivity index (χ2v) is 6.53. The number of aromatic amines is 1. The van der Waals surface area contributed by atoms with Crippen LogP contribution in [-0.4, -0.2) is 68.5 Å². The molecule has 2 aromatic heterocycles. The normalized spacial score (nSPS) is 10.9. The van der Waals surface area contributed by atoms with E-state index >= 15 is 0 Å². The van der Waals surface area contributed by atoms with Gasteiger partial charge in [0.25, 0.3) is 11.5 Å². The molecular weight excluding hydrogens is 435 g/mol. The molecule has 3 rings (SSSR count). The number of carbonyl (C=O) groups excluding carboxylic acids is 1. The minimum Gasteiger partial charge on any atom is -0.497 e. The molecule has 13 heteroatoms. The van der Waals surface area contributed by atoms with Gasteiger partial charge in [0.15, 0.2) is 0 Å². The molecule has 0 atom stereocenters. The number of carboxylic acid groups (broad SMARTS) is 1. The van der Waals surface area contributed by atoms with Crippen molar-refractivity contribution in [3.8, 4) is 5.75 Å². The summed E-state index contributed by atoms with van der Waals surface area (Å²) in [5.41, 5.74) is 1.73. The van der Waals surface area contributed by atoms with E-state index < -0.39 is 12.1 Å². The molecule has 0 aliphatic carbocycles. The maximum absolute atomic E-state index is 12.4. The largest absolute Gasteiger partial charge is 0.497 e. The van der Waals surface area contributed by atoms with Gasteiger partial charge in [0, 0.05) is 39.2 Å². The molecule has 10 nitrogen and oxygen atoms in total. The maximum Gasteiger partial charge on any atom is 0.490 e. The van der Waals surface area contributed by atoms with Gasteiger partial charge in [-0.25, -0.2) is 14.5 Å². The highest BCUT2D eigenvalue weighted by Crippen LogP contribution is 2.19. The average molecular weight is 455 g/mol. The third-order valence-corrected chi connectivity index (χ3v) is 4.19. The van der Waals surface area contributed by atoms with Gasteiger partial charge >= 0.3 is 12.1 Å². The molecule has 0 radical (unpaired) electrons. The summed E-state index contributed by atoms with van der Waals surface area (Å²) in [4.78, 5) is 41.9. The molecule has 0 saturated heterocycles. The van der Waals surface area contributed by atoms with Gasteiger partial charge < -0.3 is 19.7 Å². The number of amides is 1. The Hall–Kier alpha value is -3.90. The number of ether oxygens (including phenoxy) is 1. The summed E-state index contributed by atoms with van der Waals surface area (Å²) in [7, 11) is 4.83. The number of aliphatic carboxylic acids is 1. The second-order valence-electron chi connectivity index (χ2n) is 6.53. The fourth-order valence-corrected chi connectivity index (χ4v) is 2.47. The van der Waals surface area contributed by atoms with Crippen LogP contribution in [0.25, 0.3) is 11.0 Å². The van der Waals surface area contributed by atoms with E-state index in [1.807, 2.05) is 18.2 Å². The number of carboxylic acids is 1. The first-order chi connectivity index (χ1) is 14.9. The number of benzene rings is 1. The van der Waals surface area contributed by atoms with Crippen LogP contribution >= 0.6 is 0 Å². The van der Waals surface area contributed by atoms with Crippen molar-refractivity contribution in [1.29, 1.82) is 0 Å². The summed E-state index contributed by atoms with van der Waals surface area (Å²) < 4.78 is 38.1. The van der Waals surface area contributed by atoms with Gasteiger partial charge in [-0.2, -0.15) is 18.3 Å². The SMILES string of the molecule is COc1ccc2nc(CCN(C)C(=O)c3ccc(=O)n(C)n3)[nH]c2c1.O=C(O)C(F)(F)F. The van der Waals surface area contributed by atoms with Gasteiger partial charge in [-0.1, -0.05) is 0 Å². The second kappa shape index (κ2) is 9.94. The molecule has 0 aliphatic rings. The predicted octanol–water partition coefficient (Wildman–Crippen LogP) is 1.61. The van der Waals surface area contributed by atoms with Gasteiger partial charge in [0.1, 0.15) is 17.3 Å². The quantitative estimate of drug-likeness (QED) is 0.598. The van der Waals surface area contributed by atoms with Gasteiger partial charge in [0.05, 0.1) is 18.1 Å². The van der Waals surface area contributed by atoms with E-state index in [0.29, 0.717) is 13.0 Å². The van der Waals surface area contributed by atoms with Crippen LogP contribution in [0, 0.1) is 0 Å². The average Bonchev–Trinajstić information content (AvgIpc) is 3.15. The molecule has 3 aromatic rings. The number of halogens is 3. The Kier molecular flexibility index (Phi) is 7.57. The topological polar surface area (TPSA) is 130 Å². The number of carbonyl (C=O) groups is 2. The Morgan fingerprint density at radius 2 is 1.91 bits per heavy atom. The summed E-state index contributed by atoms with van der Waals surface area (Å²) in [5.74, 6) is -1.45. The molecule has 32 heavy (non-hydrogen) atoms. The Morgan fingerprint density at radius 3 is 2.47 bits per heavy atom. The molecule has 172 valence electrons. The number of nitrogens with one attached hydrogen (secondary N) is 1. The van der Waals surface area contributed by atoms with Gasteiger partial charge in [-0.05, 0) is 18.2 Å². The lowest BCUT2D eigenvalue weighted by Gasteiger charge is -2.15. The fraction of sp³-hybridized carbons (Fsp3) is 0.316. The van der Waals surface area contributed by atoms with Crippen LogP contribution < -0.4 is 10.3 Å². The number of aryl methyl sites for hydroxylation is 1. The molecular formula is C19H20F3N5O5. The van der Waals surface area contributed by atoms with Crippen molar-refractivity contribution < 1.29 is 32.6 Å². The molecule has 0 spiro atoms. The van der Waals surface area contributed by atoms with Crippen LogP contribution in [0.5, 0.6) is 5.75 Å². The van der Waals surface area contributed by atoms with Crippen LogP contribution in [0.2, 0.25) is 0 Å². The van der Waals surface area contributed by atoms with Crippen molar-refractivity contribution >= 4 is 22.9 Å². The third kappa shape index (κ3) is 6.30. The number of methoxy groups -OCH3 is 1. The van der Waals surface area contributed by atoms with Crippen LogP contribution in [-0.2, 0) is 18.3 Å². The number of fused-ring (bicyclic) bond motifs is 1. The van der Waals surface area contributed by atoms with E-state index in [2.05, 4.69) is 15.1 Å². The monoisotopic (exact) mass is 455 g/mol. The number of imidazole rings is 1. The van der Waals surface area contributed by atoms with E-state index in [1.54, 1.807) is 19.1 Å². The number of H-pyrrole nitrogens is 1. The Morgan fingerprint density at radius 1 is 1.25 bits per heavy atom. The molecule has 1 amide bonds. The summed E-state index contributed by atoms with van der Waals surface area (Å²) in [6, 6.07) is 8.40. The summed E-state index contributed by atoms with van der Waals surface area (Å²) >= 11 is 0. The van der Waals surface area contributed by atoms with Gasteiger partial charge in [0.2, 0.25) is 0 Å². The zero-order chi connectivity index (χ0) is 24.1. The lowest BCUT2D eigenvalue weighted by Crippen LogP contribution is -2.32. The zero-order valence-electron chi connectivity index (χ0n) is 17.3. The summed E-state index contributed by atoms with van der Waals surface area (Å²) in [5, 5.41) is 11.1. The minimum absolute atomic E-state index is 0.235. The first-order valence-electron chi connectivity index (χ1n) is 9.05. The van der Waals surface area contributed by atoms with Crippen LogP contribution in [0.15, 0.2) is 35.1 Å².